The number of aliphatic carboxylic acids is 1. The van der Waals surface area contributed by atoms with Crippen molar-refractivity contribution in [3.05, 3.63) is 16.1 Å². The van der Waals surface area contributed by atoms with Crippen molar-refractivity contribution in [3.63, 3.8) is 0 Å². The van der Waals surface area contributed by atoms with E-state index in [1.54, 1.807) is 11.3 Å². The van der Waals surface area contributed by atoms with E-state index in [9.17, 15) is 4.79 Å². The molecule has 1 fully saturated rings. The number of hydrogen-bond acceptors (Lipinski definition) is 3. The molecule has 0 atom stereocenters. The van der Waals surface area contributed by atoms with Crippen LogP contribution in [0.4, 0.5) is 0 Å². The molecule has 0 bridgehead atoms. The third-order valence-corrected chi connectivity index (χ3v) is 4.05. The second kappa shape index (κ2) is 3.35. The molecule has 0 saturated heterocycles. The number of nitrogens with zero attached hydrogens (tertiary/aromatic N) is 1. The zero-order valence-electron chi connectivity index (χ0n) is 8.12. The van der Waals surface area contributed by atoms with E-state index in [1.165, 1.54) is 19.3 Å². The van der Waals surface area contributed by atoms with Gasteiger partial charge in [-0.1, -0.05) is 13.3 Å². The standard InChI is InChI=1S/C10H13NO2S/c1-10(3-2-4-10)9-11-7(6-14-9)5-8(12)13/h6H,2-5H2,1H3,(H,12,13). The van der Waals surface area contributed by atoms with Crippen molar-refractivity contribution in [2.24, 2.45) is 0 Å². The van der Waals surface area contributed by atoms with Crippen LogP contribution in [0.1, 0.15) is 36.9 Å². The third-order valence-electron chi connectivity index (χ3n) is 2.86. The summed E-state index contributed by atoms with van der Waals surface area (Å²) in [5.74, 6) is -0.805. The van der Waals surface area contributed by atoms with Gasteiger partial charge in [0.2, 0.25) is 0 Å². The minimum atomic E-state index is -0.805. The molecule has 0 radical (unpaired) electrons. The molecule has 1 aromatic rings. The van der Waals surface area contributed by atoms with Gasteiger partial charge in [-0.15, -0.1) is 11.3 Å². The first-order chi connectivity index (χ1) is 6.60. The van der Waals surface area contributed by atoms with Crippen LogP contribution >= 0.6 is 11.3 Å². The Labute approximate surface area is 86.8 Å². The van der Waals surface area contributed by atoms with E-state index in [-0.39, 0.29) is 11.8 Å². The van der Waals surface area contributed by atoms with Crippen LogP contribution in [0.3, 0.4) is 0 Å². The van der Waals surface area contributed by atoms with Gasteiger partial charge in [0, 0.05) is 10.8 Å². The molecule has 0 amide bonds. The largest absolute Gasteiger partial charge is 0.481 e. The lowest BCUT2D eigenvalue weighted by Crippen LogP contribution is -2.30. The van der Waals surface area contributed by atoms with Gasteiger partial charge in [0.25, 0.3) is 0 Å². The number of rotatable bonds is 3. The molecule has 1 N–H and O–H groups in total. The second-order valence-electron chi connectivity index (χ2n) is 4.13. The molecule has 1 aliphatic carbocycles. The lowest BCUT2D eigenvalue weighted by molar-refractivity contribution is -0.136. The van der Waals surface area contributed by atoms with Gasteiger partial charge in [0.05, 0.1) is 17.1 Å². The Morgan fingerprint density at radius 2 is 2.43 bits per heavy atom. The zero-order chi connectivity index (χ0) is 10.2. The number of thiazole rings is 1. The van der Waals surface area contributed by atoms with E-state index < -0.39 is 5.97 Å². The third kappa shape index (κ3) is 1.66. The lowest BCUT2D eigenvalue weighted by Gasteiger charge is -2.36. The molecular formula is C10H13NO2S. The predicted octanol–water partition coefficient (Wildman–Crippen LogP) is 2.21. The van der Waals surface area contributed by atoms with Gasteiger partial charge >= 0.3 is 5.97 Å². The van der Waals surface area contributed by atoms with E-state index in [1.807, 2.05) is 5.38 Å². The number of carbonyl (C=O) groups is 1. The first-order valence-electron chi connectivity index (χ1n) is 4.77. The highest BCUT2D eigenvalue weighted by Gasteiger charge is 2.36. The molecule has 3 nitrogen and oxygen atoms in total. The highest BCUT2D eigenvalue weighted by atomic mass is 32.1. The molecule has 1 aromatic heterocycles. The SMILES string of the molecule is CC1(c2nc(CC(=O)O)cs2)CCC1. The van der Waals surface area contributed by atoms with E-state index in [0.29, 0.717) is 5.69 Å². The van der Waals surface area contributed by atoms with Crippen molar-refractivity contribution in [2.75, 3.05) is 0 Å². The lowest BCUT2D eigenvalue weighted by atomic mass is 9.71. The first-order valence-corrected chi connectivity index (χ1v) is 5.65. The molecular weight excluding hydrogens is 198 g/mol. The Balaban J connectivity index is 2.13. The molecule has 4 heteroatoms. The normalized spacial score (nSPS) is 18.9. The smallest absolute Gasteiger partial charge is 0.309 e. The van der Waals surface area contributed by atoms with E-state index in [4.69, 9.17) is 5.11 Å². The van der Waals surface area contributed by atoms with Crippen molar-refractivity contribution in [3.8, 4) is 0 Å². The van der Waals surface area contributed by atoms with Gasteiger partial charge < -0.3 is 5.11 Å². The minimum absolute atomic E-state index is 0.0482. The van der Waals surface area contributed by atoms with Crippen molar-refractivity contribution in [1.29, 1.82) is 0 Å². The van der Waals surface area contributed by atoms with Crippen LogP contribution in [0, 0.1) is 0 Å². The molecule has 14 heavy (non-hydrogen) atoms. The average molecular weight is 211 g/mol. The maximum Gasteiger partial charge on any atom is 0.309 e. The number of aromatic nitrogens is 1. The fourth-order valence-electron chi connectivity index (χ4n) is 1.74. The van der Waals surface area contributed by atoms with Crippen molar-refractivity contribution >= 4 is 17.3 Å². The Morgan fingerprint density at radius 3 is 2.93 bits per heavy atom. The molecule has 2 rings (SSSR count). The first kappa shape index (κ1) is 9.65. The summed E-state index contributed by atoms with van der Waals surface area (Å²) in [6, 6.07) is 0. The Morgan fingerprint density at radius 1 is 1.71 bits per heavy atom. The second-order valence-corrected chi connectivity index (χ2v) is 4.99. The quantitative estimate of drug-likeness (QED) is 0.834. The highest BCUT2D eigenvalue weighted by molar-refractivity contribution is 7.09. The molecule has 1 heterocycles. The monoisotopic (exact) mass is 211 g/mol. The van der Waals surface area contributed by atoms with Gasteiger partial charge in [-0.25, -0.2) is 4.98 Å². The fraction of sp³-hybridized carbons (Fsp3) is 0.600. The fourth-order valence-corrected chi connectivity index (χ4v) is 2.78. The van der Waals surface area contributed by atoms with Crippen LogP contribution in [0.2, 0.25) is 0 Å². The predicted molar refractivity (Wildman–Crippen MR) is 54.7 cm³/mol. The van der Waals surface area contributed by atoms with Gasteiger partial charge in [-0.3, -0.25) is 4.79 Å². The van der Waals surface area contributed by atoms with Crippen LogP contribution in [-0.4, -0.2) is 16.1 Å². The van der Waals surface area contributed by atoms with Crippen LogP contribution in [0.15, 0.2) is 5.38 Å². The van der Waals surface area contributed by atoms with Crippen molar-refractivity contribution < 1.29 is 9.90 Å². The summed E-state index contributed by atoms with van der Waals surface area (Å²) < 4.78 is 0. The maximum atomic E-state index is 10.5. The number of hydrogen-bond donors (Lipinski definition) is 1. The van der Waals surface area contributed by atoms with Gasteiger partial charge in [-0.2, -0.15) is 0 Å². The topological polar surface area (TPSA) is 50.2 Å². The molecule has 0 aliphatic heterocycles. The van der Waals surface area contributed by atoms with E-state index in [2.05, 4.69) is 11.9 Å². The van der Waals surface area contributed by atoms with Gasteiger partial charge in [0.1, 0.15) is 0 Å². The summed E-state index contributed by atoms with van der Waals surface area (Å²) in [6.45, 7) is 2.21. The van der Waals surface area contributed by atoms with Crippen LogP contribution < -0.4 is 0 Å². The highest BCUT2D eigenvalue weighted by Crippen LogP contribution is 2.44. The number of carboxylic acids is 1. The summed E-state index contributed by atoms with van der Waals surface area (Å²) in [5, 5.41) is 11.6. The molecule has 0 aromatic carbocycles. The van der Waals surface area contributed by atoms with E-state index >= 15 is 0 Å². The Kier molecular flexibility index (Phi) is 2.31. The van der Waals surface area contributed by atoms with Crippen molar-refractivity contribution in [2.45, 2.75) is 38.0 Å². The summed E-state index contributed by atoms with van der Waals surface area (Å²) >= 11 is 1.60. The molecule has 0 unspecified atom stereocenters. The molecule has 76 valence electrons. The summed E-state index contributed by atoms with van der Waals surface area (Å²) in [7, 11) is 0. The van der Waals surface area contributed by atoms with Crippen LogP contribution in [-0.2, 0) is 16.6 Å². The average Bonchev–Trinajstić information content (AvgIpc) is 2.47. The molecule has 1 aliphatic rings. The van der Waals surface area contributed by atoms with Gasteiger partial charge in [-0.05, 0) is 12.8 Å². The minimum Gasteiger partial charge on any atom is -0.481 e. The number of carboxylic acid groups (broad SMARTS) is 1. The maximum absolute atomic E-state index is 10.5. The van der Waals surface area contributed by atoms with Crippen LogP contribution in [0.25, 0.3) is 0 Å². The van der Waals surface area contributed by atoms with E-state index in [0.717, 1.165) is 5.01 Å². The Bertz CT molecular complexity index is 355. The van der Waals surface area contributed by atoms with Gasteiger partial charge in [0.15, 0.2) is 0 Å². The van der Waals surface area contributed by atoms with Crippen LogP contribution in [0.5, 0.6) is 0 Å². The Hall–Kier alpha value is -0.900. The molecule has 1 saturated carbocycles. The van der Waals surface area contributed by atoms with Crippen molar-refractivity contribution in [1.82, 2.24) is 4.98 Å². The zero-order valence-corrected chi connectivity index (χ0v) is 8.93. The molecule has 0 spiro atoms. The summed E-state index contributed by atoms with van der Waals surface area (Å²) in [6.07, 6.45) is 3.69. The summed E-state index contributed by atoms with van der Waals surface area (Å²) in [5.41, 5.74) is 0.937. The summed E-state index contributed by atoms with van der Waals surface area (Å²) in [4.78, 5) is 14.9.